The van der Waals surface area contributed by atoms with Crippen molar-refractivity contribution in [2.45, 2.75) is 90.5 Å². The lowest BCUT2D eigenvalue weighted by Gasteiger charge is -2.23. The summed E-state index contributed by atoms with van der Waals surface area (Å²) in [6, 6.07) is 0. The Morgan fingerprint density at radius 2 is 1.65 bits per heavy atom. The first-order valence-electron chi connectivity index (χ1n) is 10.1. The van der Waals surface area contributed by atoms with Crippen molar-refractivity contribution in [3.8, 4) is 0 Å². The lowest BCUT2D eigenvalue weighted by Crippen LogP contribution is -2.30. The van der Waals surface area contributed by atoms with Gasteiger partial charge in [-0.2, -0.15) is 0 Å². The van der Waals surface area contributed by atoms with E-state index in [2.05, 4.69) is 67.8 Å². The number of carbonyl (C=O) groups is 1. The van der Waals surface area contributed by atoms with Gasteiger partial charge in [0.05, 0.1) is 13.2 Å². The summed E-state index contributed by atoms with van der Waals surface area (Å²) in [6.07, 6.45) is 22.6. The van der Waals surface area contributed by atoms with Crippen LogP contribution in [0.15, 0.2) is 36.5 Å². The molecule has 0 fully saturated rings. The predicted octanol–water partition coefficient (Wildman–Crippen LogP) is 6.58. The number of methoxy groups -OCH3 is 1. The zero-order valence-corrected chi connectivity index (χ0v) is 18.6. The number of hydrogen-bond donors (Lipinski definition) is 0. The van der Waals surface area contributed by atoms with Crippen molar-refractivity contribution in [1.29, 1.82) is 0 Å². The Morgan fingerprint density at radius 3 is 2.31 bits per heavy atom. The van der Waals surface area contributed by atoms with Crippen LogP contribution in [-0.2, 0) is 14.0 Å². The number of rotatable bonds is 15. The summed E-state index contributed by atoms with van der Waals surface area (Å²) in [5.74, 6) is -0.120. The monoisotopic (exact) mass is 380 g/mol. The summed E-state index contributed by atoms with van der Waals surface area (Å²) in [6.45, 7) is 8.91. The molecule has 0 aromatic carbocycles. The third kappa shape index (κ3) is 17.7. The van der Waals surface area contributed by atoms with Crippen LogP contribution in [0.25, 0.3) is 0 Å². The molecular weight excluding hydrogens is 340 g/mol. The van der Waals surface area contributed by atoms with Gasteiger partial charge in [0, 0.05) is 6.42 Å². The van der Waals surface area contributed by atoms with Crippen molar-refractivity contribution in [2.24, 2.45) is 0 Å². The highest BCUT2D eigenvalue weighted by Crippen LogP contribution is 2.13. The highest BCUT2D eigenvalue weighted by atomic mass is 28.4. The molecule has 0 amide bonds. The van der Waals surface area contributed by atoms with E-state index >= 15 is 0 Å². The average molecular weight is 381 g/mol. The van der Waals surface area contributed by atoms with Crippen LogP contribution < -0.4 is 0 Å². The second-order valence-corrected chi connectivity index (χ2v) is 12.1. The molecule has 3 nitrogen and oxygen atoms in total. The molecule has 0 heterocycles. The third-order valence-corrected chi connectivity index (χ3v) is 4.83. The summed E-state index contributed by atoms with van der Waals surface area (Å²) in [4.78, 5) is 11.1. The SMILES string of the molecule is CCCCC/C=C\C=C\[C@H](C/C=C\CCCCC(=O)OC)O[Si](C)(C)C. The first-order chi connectivity index (χ1) is 12.4. The number of unbranched alkanes of at least 4 members (excludes halogenated alkanes) is 5. The molecule has 150 valence electrons. The Balaban J connectivity index is 4.21. The fourth-order valence-electron chi connectivity index (χ4n) is 2.48. The van der Waals surface area contributed by atoms with Crippen LogP contribution in [0, 0.1) is 0 Å². The molecule has 0 spiro atoms. The second kappa shape index (κ2) is 16.1. The first-order valence-corrected chi connectivity index (χ1v) is 13.5. The van der Waals surface area contributed by atoms with Crippen molar-refractivity contribution >= 4 is 14.3 Å². The smallest absolute Gasteiger partial charge is 0.305 e. The zero-order valence-electron chi connectivity index (χ0n) is 17.6. The van der Waals surface area contributed by atoms with E-state index in [-0.39, 0.29) is 12.1 Å². The van der Waals surface area contributed by atoms with Crippen LogP contribution >= 0.6 is 0 Å². The predicted molar refractivity (Wildman–Crippen MR) is 115 cm³/mol. The van der Waals surface area contributed by atoms with Gasteiger partial charge in [0.2, 0.25) is 0 Å². The molecule has 0 bridgehead atoms. The summed E-state index contributed by atoms with van der Waals surface area (Å²) in [7, 11) is -0.126. The van der Waals surface area contributed by atoms with E-state index in [1.165, 1.54) is 26.4 Å². The standard InChI is InChI=1S/C22H40O3Si/c1-6-7-8-9-10-12-15-18-21(25-26(3,4)5)19-16-13-11-14-17-20-22(23)24-2/h10,12-13,15-16,18,21H,6-9,11,14,17,19-20H2,1-5H3/b12-10-,16-13-,18-15+/t21-/m1/s1. The molecule has 0 radical (unpaired) electrons. The summed E-state index contributed by atoms with van der Waals surface area (Å²) in [5, 5.41) is 0. The Morgan fingerprint density at radius 1 is 0.962 bits per heavy atom. The molecule has 0 aromatic rings. The van der Waals surface area contributed by atoms with Gasteiger partial charge >= 0.3 is 5.97 Å². The van der Waals surface area contributed by atoms with Gasteiger partial charge in [-0.1, -0.05) is 56.2 Å². The van der Waals surface area contributed by atoms with Gasteiger partial charge in [-0.3, -0.25) is 4.79 Å². The van der Waals surface area contributed by atoms with Gasteiger partial charge in [0.25, 0.3) is 0 Å². The molecule has 0 aromatic heterocycles. The molecular formula is C22H40O3Si. The molecule has 26 heavy (non-hydrogen) atoms. The molecule has 0 rings (SSSR count). The summed E-state index contributed by atoms with van der Waals surface area (Å²) in [5.41, 5.74) is 0. The van der Waals surface area contributed by atoms with Crippen LogP contribution in [0.2, 0.25) is 19.6 Å². The first kappa shape index (κ1) is 24.9. The molecule has 0 unspecified atom stereocenters. The van der Waals surface area contributed by atoms with E-state index in [9.17, 15) is 4.79 Å². The van der Waals surface area contributed by atoms with E-state index in [1.54, 1.807) is 0 Å². The normalized spacial score (nSPS) is 13.9. The molecule has 0 aliphatic rings. The van der Waals surface area contributed by atoms with Crippen molar-refractivity contribution in [1.82, 2.24) is 0 Å². The Bertz CT molecular complexity index is 433. The minimum atomic E-state index is -1.57. The maximum atomic E-state index is 11.1. The second-order valence-electron chi connectivity index (χ2n) is 7.61. The summed E-state index contributed by atoms with van der Waals surface area (Å²) >= 11 is 0. The van der Waals surface area contributed by atoms with Gasteiger partial charge in [0.1, 0.15) is 0 Å². The van der Waals surface area contributed by atoms with Crippen LogP contribution in [0.1, 0.15) is 64.7 Å². The molecule has 0 N–H and O–H groups in total. The van der Waals surface area contributed by atoms with Crippen molar-refractivity contribution in [2.75, 3.05) is 7.11 Å². The molecule has 0 aliphatic carbocycles. The molecule has 1 atom stereocenters. The van der Waals surface area contributed by atoms with E-state index in [1.807, 2.05) is 0 Å². The third-order valence-electron chi connectivity index (χ3n) is 3.82. The average Bonchev–Trinajstić information content (AvgIpc) is 2.58. The highest BCUT2D eigenvalue weighted by Gasteiger charge is 2.18. The van der Waals surface area contributed by atoms with Crippen molar-refractivity contribution in [3.63, 3.8) is 0 Å². The number of ether oxygens (including phenoxy) is 1. The fraction of sp³-hybridized carbons (Fsp3) is 0.682. The Hall–Kier alpha value is -1.13. The maximum Gasteiger partial charge on any atom is 0.305 e. The van der Waals surface area contributed by atoms with E-state index in [0.717, 1.165) is 32.1 Å². The quantitative estimate of drug-likeness (QED) is 0.106. The van der Waals surface area contributed by atoms with Gasteiger partial charge in [-0.05, 0) is 58.2 Å². The Labute approximate surface area is 162 Å². The van der Waals surface area contributed by atoms with E-state index < -0.39 is 8.32 Å². The minimum absolute atomic E-state index is 0.120. The Kier molecular flexibility index (Phi) is 15.4. The van der Waals surface area contributed by atoms with Gasteiger partial charge in [-0.25, -0.2) is 0 Å². The van der Waals surface area contributed by atoms with E-state index in [4.69, 9.17) is 4.43 Å². The topological polar surface area (TPSA) is 35.5 Å². The number of hydrogen-bond acceptors (Lipinski definition) is 3. The fourth-order valence-corrected chi connectivity index (χ4v) is 3.56. The van der Waals surface area contributed by atoms with E-state index in [0.29, 0.717) is 6.42 Å². The van der Waals surface area contributed by atoms with Gasteiger partial charge in [0.15, 0.2) is 8.32 Å². The zero-order chi connectivity index (χ0) is 19.7. The molecule has 4 heteroatoms. The number of allylic oxidation sites excluding steroid dienone is 4. The summed E-state index contributed by atoms with van der Waals surface area (Å²) < 4.78 is 10.9. The molecule has 0 saturated heterocycles. The lowest BCUT2D eigenvalue weighted by atomic mass is 10.1. The van der Waals surface area contributed by atoms with Gasteiger partial charge in [-0.15, -0.1) is 0 Å². The minimum Gasteiger partial charge on any atom is -0.469 e. The number of carbonyl (C=O) groups excluding carboxylic acids is 1. The van der Waals surface area contributed by atoms with Crippen LogP contribution in [0.4, 0.5) is 0 Å². The number of esters is 1. The van der Waals surface area contributed by atoms with Gasteiger partial charge < -0.3 is 9.16 Å². The molecule has 0 aliphatic heterocycles. The van der Waals surface area contributed by atoms with Crippen LogP contribution in [0.5, 0.6) is 0 Å². The van der Waals surface area contributed by atoms with Crippen LogP contribution in [0.3, 0.4) is 0 Å². The highest BCUT2D eigenvalue weighted by molar-refractivity contribution is 6.69. The van der Waals surface area contributed by atoms with Crippen molar-refractivity contribution < 1.29 is 14.0 Å². The van der Waals surface area contributed by atoms with Crippen LogP contribution in [-0.4, -0.2) is 27.5 Å². The maximum absolute atomic E-state index is 11.1. The van der Waals surface area contributed by atoms with Crippen molar-refractivity contribution in [3.05, 3.63) is 36.5 Å². The lowest BCUT2D eigenvalue weighted by molar-refractivity contribution is -0.140. The molecule has 0 saturated carbocycles. The largest absolute Gasteiger partial charge is 0.469 e.